The topological polar surface area (TPSA) is 75.7 Å². The summed E-state index contributed by atoms with van der Waals surface area (Å²) in [6.07, 6.45) is 0. The number of aryl methyl sites for hydroxylation is 1. The lowest BCUT2D eigenvalue weighted by Crippen LogP contribution is -2.47. The maximum absolute atomic E-state index is 12.7. The van der Waals surface area contributed by atoms with E-state index in [0.29, 0.717) is 31.0 Å². The number of amides is 1. The fraction of sp³-hybridized carbons (Fsp3) is 0.353. The van der Waals surface area contributed by atoms with Gasteiger partial charge >= 0.3 is 0 Å². The van der Waals surface area contributed by atoms with Gasteiger partial charge in [0.25, 0.3) is 15.9 Å². The Morgan fingerprint density at radius 2 is 2.12 bits per heavy atom. The fourth-order valence-electron chi connectivity index (χ4n) is 2.67. The molecular formula is C17H20N2O4S2. The second-order valence-corrected chi connectivity index (χ2v) is 9.17. The minimum absolute atomic E-state index is 0.00399. The maximum atomic E-state index is 12.7. The molecule has 0 aliphatic carbocycles. The van der Waals surface area contributed by atoms with Gasteiger partial charge in [0.2, 0.25) is 0 Å². The second kappa shape index (κ2) is 7.15. The quantitative estimate of drug-likeness (QED) is 0.885. The van der Waals surface area contributed by atoms with Crippen LogP contribution in [-0.2, 0) is 14.8 Å². The van der Waals surface area contributed by atoms with E-state index in [1.165, 1.54) is 11.3 Å². The Balaban J connectivity index is 1.81. The summed E-state index contributed by atoms with van der Waals surface area (Å²) >= 11 is 1.21. The Morgan fingerprint density at radius 3 is 2.80 bits per heavy atom. The van der Waals surface area contributed by atoms with Crippen molar-refractivity contribution in [3.05, 3.63) is 46.8 Å². The molecule has 3 rings (SSSR count). The molecule has 1 aromatic heterocycles. The first-order valence-corrected chi connectivity index (χ1v) is 10.2. The van der Waals surface area contributed by atoms with E-state index in [1.54, 1.807) is 41.3 Å². The van der Waals surface area contributed by atoms with Gasteiger partial charge in [-0.3, -0.25) is 9.52 Å². The molecule has 25 heavy (non-hydrogen) atoms. The molecule has 1 aliphatic rings. The summed E-state index contributed by atoms with van der Waals surface area (Å²) in [6, 6.07) is 9.91. The standard InChI is InChI=1S/C17H20N2O4S2/c1-12-11-23-9-8-19(12)17(20)14-4-3-5-15(10-14)18-25(21,22)16-7-6-13(2)24-16/h3-7,10,12,18H,8-9,11H2,1-2H3. The van der Waals surface area contributed by atoms with Crippen LogP contribution >= 0.6 is 11.3 Å². The van der Waals surface area contributed by atoms with E-state index >= 15 is 0 Å². The number of rotatable bonds is 4. The smallest absolute Gasteiger partial charge is 0.271 e. The average molecular weight is 380 g/mol. The first-order chi connectivity index (χ1) is 11.9. The molecule has 0 spiro atoms. The normalized spacial score (nSPS) is 18.2. The van der Waals surface area contributed by atoms with Crippen molar-refractivity contribution in [3.8, 4) is 0 Å². The molecule has 0 bridgehead atoms. The van der Waals surface area contributed by atoms with Gasteiger partial charge in [0, 0.05) is 22.7 Å². The average Bonchev–Trinajstić information content (AvgIpc) is 3.02. The van der Waals surface area contributed by atoms with Crippen molar-refractivity contribution in [2.75, 3.05) is 24.5 Å². The van der Waals surface area contributed by atoms with Crippen LogP contribution in [0.15, 0.2) is 40.6 Å². The molecule has 1 atom stereocenters. The van der Waals surface area contributed by atoms with Crippen LogP contribution in [0.5, 0.6) is 0 Å². The molecule has 1 amide bonds. The number of thiophene rings is 1. The zero-order valence-electron chi connectivity index (χ0n) is 14.1. The van der Waals surface area contributed by atoms with Gasteiger partial charge in [-0.1, -0.05) is 6.07 Å². The van der Waals surface area contributed by atoms with E-state index in [0.717, 1.165) is 4.88 Å². The Hall–Kier alpha value is -1.90. The van der Waals surface area contributed by atoms with E-state index in [1.807, 2.05) is 13.8 Å². The lowest BCUT2D eigenvalue weighted by Gasteiger charge is -2.33. The van der Waals surface area contributed by atoms with Gasteiger partial charge < -0.3 is 9.64 Å². The third kappa shape index (κ3) is 4.02. The first-order valence-electron chi connectivity index (χ1n) is 7.95. The van der Waals surface area contributed by atoms with Crippen LogP contribution in [0.4, 0.5) is 5.69 Å². The molecule has 2 aromatic rings. The van der Waals surface area contributed by atoms with Gasteiger partial charge in [0.15, 0.2) is 0 Å². The monoisotopic (exact) mass is 380 g/mol. The highest BCUT2D eigenvalue weighted by Gasteiger charge is 2.25. The number of sulfonamides is 1. The SMILES string of the molecule is Cc1ccc(S(=O)(=O)Nc2cccc(C(=O)N3CCOCC3C)c2)s1. The number of carbonyl (C=O) groups is 1. The van der Waals surface area contributed by atoms with Gasteiger partial charge in [-0.25, -0.2) is 8.42 Å². The number of nitrogens with one attached hydrogen (secondary N) is 1. The summed E-state index contributed by atoms with van der Waals surface area (Å²) < 4.78 is 33.0. The van der Waals surface area contributed by atoms with Crippen LogP contribution in [-0.4, -0.2) is 45.0 Å². The molecule has 6 nitrogen and oxygen atoms in total. The predicted octanol–water partition coefficient (Wildman–Crippen LogP) is 2.72. The number of hydrogen-bond acceptors (Lipinski definition) is 5. The van der Waals surface area contributed by atoms with Gasteiger partial charge in [-0.2, -0.15) is 0 Å². The van der Waals surface area contributed by atoms with Crippen LogP contribution < -0.4 is 4.72 Å². The second-order valence-electron chi connectivity index (χ2n) is 5.97. The summed E-state index contributed by atoms with van der Waals surface area (Å²) in [4.78, 5) is 15.4. The number of anilines is 1. The van der Waals surface area contributed by atoms with Crippen LogP contribution in [0.1, 0.15) is 22.2 Å². The summed E-state index contributed by atoms with van der Waals surface area (Å²) in [6.45, 7) is 5.34. The molecular weight excluding hydrogens is 360 g/mol. The summed E-state index contributed by atoms with van der Waals surface area (Å²) in [7, 11) is -3.65. The zero-order valence-corrected chi connectivity index (χ0v) is 15.7. The Kier molecular flexibility index (Phi) is 5.12. The minimum Gasteiger partial charge on any atom is -0.377 e. The number of hydrogen-bond donors (Lipinski definition) is 1. The van der Waals surface area contributed by atoms with E-state index in [2.05, 4.69) is 4.72 Å². The van der Waals surface area contributed by atoms with Crippen molar-refractivity contribution >= 4 is 33.0 Å². The van der Waals surface area contributed by atoms with Crippen LogP contribution in [0.3, 0.4) is 0 Å². The highest BCUT2D eigenvalue weighted by molar-refractivity contribution is 7.94. The molecule has 1 aromatic carbocycles. The number of benzene rings is 1. The molecule has 1 aliphatic heterocycles. The number of morpholine rings is 1. The summed E-state index contributed by atoms with van der Waals surface area (Å²) in [5.74, 6) is -0.121. The van der Waals surface area contributed by atoms with Crippen molar-refractivity contribution in [1.82, 2.24) is 4.90 Å². The van der Waals surface area contributed by atoms with Crippen molar-refractivity contribution in [1.29, 1.82) is 0 Å². The van der Waals surface area contributed by atoms with Gasteiger partial charge in [0.05, 0.1) is 19.3 Å². The van der Waals surface area contributed by atoms with Gasteiger partial charge in [-0.15, -0.1) is 11.3 Å². The van der Waals surface area contributed by atoms with Crippen LogP contribution in [0.25, 0.3) is 0 Å². The molecule has 0 saturated carbocycles. The molecule has 8 heteroatoms. The lowest BCUT2D eigenvalue weighted by atomic mass is 10.1. The molecule has 1 unspecified atom stereocenters. The highest BCUT2D eigenvalue weighted by Crippen LogP contribution is 2.24. The van der Waals surface area contributed by atoms with Crippen molar-refractivity contribution in [2.45, 2.75) is 24.1 Å². The van der Waals surface area contributed by atoms with Crippen LogP contribution in [0.2, 0.25) is 0 Å². The largest absolute Gasteiger partial charge is 0.377 e. The van der Waals surface area contributed by atoms with E-state index < -0.39 is 10.0 Å². The van der Waals surface area contributed by atoms with E-state index in [9.17, 15) is 13.2 Å². The van der Waals surface area contributed by atoms with E-state index in [-0.39, 0.29) is 16.2 Å². The van der Waals surface area contributed by atoms with Gasteiger partial charge in [-0.05, 0) is 44.2 Å². The van der Waals surface area contributed by atoms with Gasteiger partial charge in [0.1, 0.15) is 4.21 Å². The Labute approximate surface area is 151 Å². The first kappa shape index (κ1) is 17.9. The zero-order chi connectivity index (χ0) is 18.0. The number of carbonyl (C=O) groups excluding carboxylic acids is 1. The molecule has 2 heterocycles. The summed E-state index contributed by atoms with van der Waals surface area (Å²) in [5, 5.41) is 0. The van der Waals surface area contributed by atoms with E-state index in [4.69, 9.17) is 4.74 Å². The van der Waals surface area contributed by atoms with Crippen LogP contribution in [0, 0.1) is 6.92 Å². The fourth-order valence-corrected chi connectivity index (χ4v) is 5.01. The third-order valence-corrected chi connectivity index (χ3v) is 6.84. The Morgan fingerprint density at radius 1 is 1.32 bits per heavy atom. The van der Waals surface area contributed by atoms with Crippen molar-refractivity contribution in [2.24, 2.45) is 0 Å². The highest BCUT2D eigenvalue weighted by atomic mass is 32.2. The lowest BCUT2D eigenvalue weighted by molar-refractivity contribution is 0.00360. The molecule has 134 valence electrons. The van der Waals surface area contributed by atoms with Crippen molar-refractivity contribution < 1.29 is 17.9 Å². The maximum Gasteiger partial charge on any atom is 0.271 e. The predicted molar refractivity (Wildman–Crippen MR) is 97.6 cm³/mol. The minimum atomic E-state index is -3.65. The number of ether oxygens (including phenoxy) is 1. The Bertz CT molecular complexity index is 876. The molecule has 1 fully saturated rings. The summed E-state index contributed by atoms with van der Waals surface area (Å²) in [5.41, 5.74) is 0.828. The number of nitrogens with zero attached hydrogens (tertiary/aromatic N) is 1. The third-order valence-electron chi connectivity index (χ3n) is 3.97. The molecule has 0 radical (unpaired) electrons. The van der Waals surface area contributed by atoms with Crippen molar-refractivity contribution in [3.63, 3.8) is 0 Å². The molecule has 1 N–H and O–H groups in total. The molecule has 1 saturated heterocycles.